The number of benzene rings is 2. The van der Waals surface area contributed by atoms with Gasteiger partial charge in [0.2, 0.25) is 0 Å². The molecule has 1 aliphatic heterocycles. The van der Waals surface area contributed by atoms with E-state index in [1.165, 1.54) is 12.1 Å². The SMILES string of the molecule is Cc1ccc(OCCN)c(C(=O)N2CCc3ccc(F)cc3C2C)c1. The first-order chi connectivity index (χ1) is 12.0. The van der Waals surface area contributed by atoms with E-state index in [4.69, 9.17) is 10.5 Å². The van der Waals surface area contributed by atoms with Crippen molar-refractivity contribution in [2.75, 3.05) is 19.7 Å². The zero-order valence-electron chi connectivity index (χ0n) is 14.6. The largest absolute Gasteiger partial charge is 0.491 e. The van der Waals surface area contributed by atoms with Crippen LogP contribution in [0.2, 0.25) is 0 Å². The minimum atomic E-state index is -0.276. The molecule has 0 aliphatic carbocycles. The molecule has 2 aromatic carbocycles. The van der Waals surface area contributed by atoms with Crippen molar-refractivity contribution in [3.05, 3.63) is 64.5 Å². The molecule has 1 amide bonds. The molecule has 25 heavy (non-hydrogen) atoms. The second kappa shape index (κ2) is 7.23. The van der Waals surface area contributed by atoms with Crippen LogP contribution in [-0.4, -0.2) is 30.5 Å². The Labute approximate surface area is 147 Å². The third kappa shape index (κ3) is 3.51. The molecule has 0 aromatic heterocycles. The highest BCUT2D eigenvalue weighted by Crippen LogP contribution is 2.33. The smallest absolute Gasteiger partial charge is 0.258 e. The molecule has 1 heterocycles. The van der Waals surface area contributed by atoms with Crippen LogP contribution in [0.5, 0.6) is 5.75 Å². The minimum Gasteiger partial charge on any atom is -0.491 e. The highest BCUT2D eigenvalue weighted by atomic mass is 19.1. The lowest BCUT2D eigenvalue weighted by molar-refractivity contribution is 0.0673. The first kappa shape index (κ1) is 17.4. The number of nitrogens with zero attached hydrogens (tertiary/aromatic N) is 1. The van der Waals surface area contributed by atoms with Crippen LogP contribution in [0.15, 0.2) is 36.4 Å². The van der Waals surface area contributed by atoms with E-state index in [1.54, 1.807) is 11.0 Å². The fourth-order valence-electron chi connectivity index (χ4n) is 3.32. The molecule has 1 aliphatic rings. The van der Waals surface area contributed by atoms with E-state index in [-0.39, 0.29) is 17.8 Å². The maximum atomic E-state index is 13.6. The predicted molar refractivity (Wildman–Crippen MR) is 95.3 cm³/mol. The minimum absolute atomic E-state index is 0.0990. The molecule has 3 rings (SSSR count). The van der Waals surface area contributed by atoms with Gasteiger partial charge in [0.25, 0.3) is 5.91 Å². The summed E-state index contributed by atoms with van der Waals surface area (Å²) in [5.41, 5.74) is 8.99. The van der Waals surface area contributed by atoms with Gasteiger partial charge in [-0.3, -0.25) is 4.79 Å². The topological polar surface area (TPSA) is 55.6 Å². The number of amides is 1. The van der Waals surface area contributed by atoms with Gasteiger partial charge in [-0.05, 0) is 55.7 Å². The molecule has 0 bridgehead atoms. The van der Waals surface area contributed by atoms with Crippen molar-refractivity contribution in [1.29, 1.82) is 0 Å². The van der Waals surface area contributed by atoms with Crippen molar-refractivity contribution in [2.24, 2.45) is 5.73 Å². The van der Waals surface area contributed by atoms with Gasteiger partial charge in [0.1, 0.15) is 18.2 Å². The van der Waals surface area contributed by atoms with Crippen molar-refractivity contribution in [1.82, 2.24) is 4.90 Å². The number of ether oxygens (including phenoxy) is 1. The average Bonchev–Trinajstić information content (AvgIpc) is 2.61. The van der Waals surface area contributed by atoms with Crippen molar-refractivity contribution >= 4 is 5.91 Å². The molecule has 0 saturated heterocycles. The molecule has 0 spiro atoms. The number of nitrogens with two attached hydrogens (primary N) is 1. The fourth-order valence-corrected chi connectivity index (χ4v) is 3.32. The number of fused-ring (bicyclic) bond motifs is 1. The van der Waals surface area contributed by atoms with E-state index in [0.717, 1.165) is 23.1 Å². The van der Waals surface area contributed by atoms with Gasteiger partial charge in [-0.1, -0.05) is 17.7 Å². The lowest BCUT2D eigenvalue weighted by Crippen LogP contribution is -2.39. The Morgan fingerprint density at radius 3 is 2.88 bits per heavy atom. The van der Waals surface area contributed by atoms with E-state index < -0.39 is 0 Å². The van der Waals surface area contributed by atoms with Crippen LogP contribution in [-0.2, 0) is 6.42 Å². The summed E-state index contributed by atoms with van der Waals surface area (Å²) in [6.07, 6.45) is 0.719. The van der Waals surface area contributed by atoms with Gasteiger partial charge in [-0.2, -0.15) is 0 Å². The van der Waals surface area contributed by atoms with Crippen LogP contribution >= 0.6 is 0 Å². The zero-order chi connectivity index (χ0) is 18.0. The molecule has 5 heteroatoms. The molecule has 1 atom stereocenters. The maximum absolute atomic E-state index is 13.6. The molecule has 0 radical (unpaired) electrons. The Bertz CT molecular complexity index is 791. The van der Waals surface area contributed by atoms with Crippen LogP contribution in [0.25, 0.3) is 0 Å². The molecule has 0 fully saturated rings. The van der Waals surface area contributed by atoms with Crippen LogP contribution in [0, 0.1) is 12.7 Å². The van der Waals surface area contributed by atoms with Crippen molar-refractivity contribution in [3.8, 4) is 5.75 Å². The van der Waals surface area contributed by atoms with E-state index >= 15 is 0 Å². The Balaban J connectivity index is 1.92. The number of rotatable bonds is 4. The molecule has 4 nitrogen and oxygen atoms in total. The fraction of sp³-hybridized carbons (Fsp3) is 0.350. The molecule has 0 saturated carbocycles. The zero-order valence-corrected chi connectivity index (χ0v) is 14.6. The Hall–Kier alpha value is -2.40. The van der Waals surface area contributed by atoms with Gasteiger partial charge >= 0.3 is 0 Å². The van der Waals surface area contributed by atoms with Gasteiger partial charge in [-0.25, -0.2) is 4.39 Å². The monoisotopic (exact) mass is 342 g/mol. The second-order valence-electron chi connectivity index (χ2n) is 6.40. The molecule has 132 valence electrons. The van der Waals surface area contributed by atoms with Crippen LogP contribution in [0.3, 0.4) is 0 Å². The highest BCUT2D eigenvalue weighted by Gasteiger charge is 2.30. The van der Waals surface area contributed by atoms with E-state index in [1.807, 2.05) is 32.0 Å². The van der Waals surface area contributed by atoms with Gasteiger partial charge in [-0.15, -0.1) is 0 Å². The summed E-state index contributed by atoms with van der Waals surface area (Å²) in [6, 6.07) is 10.2. The summed E-state index contributed by atoms with van der Waals surface area (Å²) in [5, 5.41) is 0. The normalized spacial score (nSPS) is 16.5. The van der Waals surface area contributed by atoms with Crippen LogP contribution in [0.4, 0.5) is 4.39 Å². The van der Waals surface area contributed by atoms with Crippen molar-refractivity contribution in [3.63, 3.8) is 0 Å². The van der Waals surface area contributed by atoms with E-state index in [2.05, 4.69) is 0 Å². The maximum Gasteiger partial charge on any atom is 0.258 e. The second-order valence-corrected chi connectivity index (χ2v) is 6.40. The molecule has 2 N–H and O–H groups in total. The molecular formula is C20H23FN2O2. The van der Waals surface area contributed by atoms with E-state index in [0.29, 0.717) is 31.0 Å². The summed E-state index contributed by atoms with van der Waals surface area (Å²) < 4.78 is 19.3. The Morgan fingerprint density at radius 2 is 2.12 bits per heavy atom. The van der Waals surface area contributed by atoms with Gasteiger partial charge < -0.3 is 15.4 Å². The summed E-state index contributed by atoms with van der Waals surface area (Å²) in [6.45, 7) is 5.21. The van der Waals surface area contributed by atoms with Gasteiger partial charge in [0, 0.05) is 13.1 Å². The number of carbonyl (C=O) groups excluding carboxylic acids is 1. The Morgan fingerprint density at radius 1 is 1.32 bits per heavy atom. The lowest BCUT2D eigenvalue weighted by atomic mass is 9.92. The highest BCUT2D eigenvalue weighted by molar-refractivity contribution is 5.97. The first-order valence-corrected chi connectivity index (χ1v) is 8.54. The van der Waals surface area contributed by atoms with Crippen LogP contribution in [0.1, 0.15) is 40.0 Å². The summed E-state index contributed by atoms with van der Waals surface area (Å²) >= 11 is 0. The summed E-state index contributed by atoms with van der Waals surface area (Å²) in [4.78, 5) is 14.9. The van der Waals surface area contributed by atoms with Gasteiger partial charge in [0.05, 0.1) is 11.6 Å². The van der Waals surface area contributed by atoms with Crippen molar-refractivity contribution in [2.45, 2.75) is 26.3 Å². The lowest BCUT2D eigenvalue weighted by Gasteiger charge is -2.35. The number of hydrogen-bond acceptors (Lipinski definition) is 3. The quantitative estimate of drug-likeness (QED) is 0.928. The summed E-state index contributed by atoms with van der Waals surface area (Å²) in [7, 11) is 0. The standard InChI is InChI=1S/C20H23FN2O2/c1-13-3-6-19(25-10-8-22)18(11-13)20(24)23-9-7-15-4-5-16(21)12-17(15)14(23)2/h3-6,11-12,14H,7-10,22H2,1-2H3. The van der Waals surface area contributed by atoms with E-state index in [9.17, 15) is 9.18 Å². The predicted octanol–water partition coefficient (Wildman–Crippen LogP) is 3.23. The molecule has 2 aromatic rings. The number of carbonyl (C=O) groups is 1. The first-order valence-electron chi connectivity index (χ1n) is 8.54. The number of halogens is 1. The number of hydrogen-bond donors (Lipinski definition) is 1. The van der Waals surface area contributed by atoms with Gasteiger partial charge in [0.15, 0.2) is 0 Å². The molecule has 1 unspecified atom stereocenters. The van der Waals surface area contributed by atoms with Crippen LogP contribution < -0.4 is 10.5 Å². The Kier molecular flexibility index (Phi) is 5.04. The third-order valence-electron chi connectivity index (χ3n) is 4.65. The third-order valence-corrected chi connectivity index (χ3v) is 4.65. The van der Waals surface area contributed by atoms with Crippen molar-refractivity contribution < 1.29 is 13.9 Å². The average molecular weight is 342 g/mol. The number of aryl methyl sites for hydroxylation is 1. The molecular weight excluding hydrogens is 319 g/mol. The summed E-state index contributed by atoms with van der Waals surface area (Å²) in [5.74, 6) is 0.166.